The standard InChI is InChI=1S/C11H11Cl3N2O3S/c1-18-9-6-4-3-5-8(9)7-15-16(10(17)19-2)20-11(12,13)14/h3-7H,1-2H3. The first-order chi connectivity index (χ1) is 9.37. The maximum Gasteiger partial charge on any atom is 0.440 e. The minimum absolute atomic E-state index is 0.584. The Morgan fingerprint density at radius 1 is 1.35 bits per heavy atom. The molecule has 0 aliphatic rings. The molecule has 0 radical (unpaired) electrons. The van der Waals surface area contributed by atoms with Gasteiger partial charge in [-0.25, -0.2) is 4.79 Å². The third-order valence-electron chi connectivity index (χ3n) is 1.96. The summed E-state index contributed by atoms with van der Waals surface area (Å²) in [5.41, 5.74) is 0.661. The van der Waals surface area contributed by atoms with Gasteiger partial charge in [-0.05, 0) is 12.1 Å². The number of ether oxygens (including phenoxy) is 2. The van der Waals surface area contributed by atoms with Crippen LogP contribution in [-0.2, 0) is 4.74 Å². The molecular formula is C11H11Cl3N2O3S. The second-order valence-corrected chi connectivity index (χ2v) is 7.36. The number of para-hydroxylation sites is 1. The molecule has 1 aromatic carbocycles. The van der Waals surface area contributed by atoms with Crippen LogP contribution in [-0.4, -0.2) is 34.1 Å². The quantitative estimate of drug-likeness (QED) is 0.353. The SMILES string of the molecule is COC(=O)N(N=Cc1ccccc1OC)SC(Cl)(Cl)Cl. The Balaban J connectivity index is 2.94. The molecule has 1 rings (SSSR count). The Morgan fingerprint density at radius 3 is 2.55 bits per heavy atom. The molecule has 0 saturated carbocycles. The van der Waals surface area contributed by atoms with Crippen molar-refractivity contribution >= 4 is 59.1 Å². The van der Waals surface area contributed by atoms with Crippen molar-refractivity contribution in [3.8, 4) is 5.75 Å². The van der Waals surface area contributed by atoms with Gasteiger partial charge >= 0.3 is 6.09 Å². The predicted octanol–water partition coefficient (Wildman–Crippen LogP) is 4.07. The Labute approximate surface area is 135 Å². The fraction of sp³-hybridized carbons (Fsp3) is 0.273. The smallest absolute Gasteiger partial charge is 0.440 e. The van der Waals surface area contributed by atoms with Gasteiger partial charge in [0.25, 0.3) is 3.12 Å². The van der Waals surface area contributed by atoms with E-state index in [4.69, 9.17) is 39.5 Å². The minimum atomic E-state index is -1.74. The number of amides is 1. The molecular weight excluding hydrogens is 347 g/mol. The van der Waals surface area contributed by atoms with E-state index in [0.717, 1.165) is 4.41 Å². The predicted molar refractivity (Wildman–Crippen MR) is 82.7 cm³/mol. The highest BCUT2D eigenvalue weighted by atomic mass is 35.6. The molecule has 0 aliphatic heterocycles. The molecule has 0 fully saturated rings. The van der Waals surface area contributed by atoms with Gasteiger partial charge in [0, 0.05) is 17.5 Å². The Kier molecular flexibility index (Phi) is 6.75. The van der Waals surface area contributed by atoms with Gasteiger partial charge in [-0.3, -0.25) is 0 Å². The lowest BCUT2D eigenvalue weighted by atomic mass is 10.2. The van der Waals surface area contributed by atoms with Crippen molar-refractivity contribution in [3.63, 3.8) is 0 Å². The first-order valence-corrected chi connectivity index (χ1v) is 7.09. The van der Waals surface area contributed by atoms with E-state index in [1.54, 1.807) is 18.2 Å². The number of hydrogen-bond acceptors (Lipinski definition) is 5. The summed E-state index contributed by atoms with van der Waals surface area (Å²) in [6.07, 6.45) is 0.631. The van der Waals surface area contributed by atoms with Crippen LogP contribution in [0.3, 0.4) is 0 Å². The number of benzene rings is 1. The summed E-state index contributed by atoms with van der Waals surface area (Å²) in [5, 5.41) is 3.92. The Bertz CT molecular complexity index is 494. The summed E-state index contributed by atoms with van der Waals surface area (Å²) in [4.78, 5) is 11.5. The number of methoxy groups -OCH3 is 2. The first-order valence-electron chi connectivity index (χ1n) is 5.18. The van der Waals surface area contributed by atoms with Gasteiger partial charge in [0.1, 0.15) is 5.75 Å². The highest BCUT2D eigenvalue weighted by Gasteiger charge is 2.29. The van der Waals surface area contributed by atoms with Crippen molar-refractivity contribution in [2.45, 2.75) is 3.12 Å². The van der Waals surface area contributed by atoms with E-state index >= 15 is 0 Å². The molecule has 110 valence electrons. The molecule has 1 amide bonds. The first kappa shape index (κ1) is 17.2. The van der Waals surface area contributed by atoms with Crippen LogP contribution in [0.15, 0.2) is 29.4 Å². The van der Waals surface area contributed by atoms with Crippen LogP contribution in [0.2, 0.25) is 0 Å². The number of alkyl halides is 3. The van der Waals surface area contributed by atoms with E-state index < -0.39 is 9.22 Å². The van der Waals surface area contributed by atoms with Crippen molar-refractivity contribution in [3.05, 3.63) is 29.8 Å². The summed E-state index contributed by atoms with van der Waals surface area (Å²) >= 11 is 17.4. The minimum Gasteiger partial charge on any atom is -0.496 e. The van der Waals surface area contributed by atoms with Crippen LogP contribution in [0.5, 0.6) is 5.75 Å². The molecule has 0 spiro atoms. The topological polar surface area (TPSA) is 51.1 Å². The number of halogens is 3. The van der Waals surface area contributed by atoms with Crippen LogP contribution >= 0.6 is 46.8 Å². The number of carbonyl (C=O) groups excluding carboxylic acids is 1. The maximum atomic E-state index is 11.5. The van der Waals surface area contributed by atoms with Gasteiger partial charge in [0.05, 0.1) is 20.4 Å². The molecule has 0 bridgehead atoms. The molecule has 0 unspecified atom stereocenters. The number of nitrogens with zero attached hydrogens (tertiary/aromatic N) is 2. The molecule has 1 aromatic rings. The van der Waals surface area contributed by atoms with Gasteiger partial charge in [-0.1, -0.05) is 46.9 Å². The molecule has 9 heteroatoms. The zero-order valence-corrected chi connectivity index (χ0v) is 13.6. The van der Waals surface area contributed by atoms with Crippen molar-refractivity contribution in [1.29, 1.82) is 0 Å². The zero-order chi connectivity index (χ0) is 15.2. The van der Waals surface area contributed by atoms with E-state index in [9.17, 15) is 4.79 Å². The average Bonchev–Trinajstić information content (AvgIpc) is 2.41. The Morgan fingerprint density at radius 2 is 2.00 bits per heavy atom. The summed E-state index contributed by atoms with van der Waals surface area (Å²) in [6, 6.07) is 7.13. The van der Waals surface area contributed by atoms with Crippen molar-refractivity contribution in [2.24, 2.45) is 5.10 Å². The van der Waals surface area contributed by atoms with E-state index in [0.29, 0.717) is 23.3 Å². The number of hydrazone groups is 1. The largest absolute Gasteiger partial charge is 0.496 e. The van der Waals surface area contributed by atoms with E-state index in [1.165, 1.54) is 20.4 Å². The fourth-order valence-electron chi connectivity index (χ4n) is 1.17. The van der Waals surface area contributed by atoms with Gasteiger partial charge in [0.2, 0.25) is 0 Å². The molecule has 0 aromatic heterocycles. The number of rotatable bonds is 4. The van der Waals surface area contributed by atoms with Crippen LogP contribution in [0.1, 0.15) is 5.56 Å². The molecule has 0 heterocycles. The van der Waals surface area contributed by atoms with Crippen molar-refractivity contribution in [1.82, 2.24) is 4.41 Å². The van der Waals surface area contributed by atoms with Gasteiger partial charge in [0.15, 0.2) is 0 Å². The normalized spacial score (nSPS) is 11.4. The lowest BCUT2D eigenvalue weighted by molar-refractivity contribution is 0.153. The van der Waals surface area contributed by atoms with Crippen LogP contribution in [0.4, 0.5) is 4.79 Å². The highest BCUT2D eigenvalue weighted by Crippen LogP contribution is 2.41. The van der Waals surface area contributed by atoms with E-state index in [2.05, 4.69) is 9.84 Å². The lowest BCUT2D eigenvalue weighted by Gasteiger charge is -2.18. The lowest BCUT2D eigenvalue weighted by Crippen LogP contribution is -2.22. The number of hydrogen-bond donors (Lipinski definition) is 0. The summed E-state index contributed by atoms with van der Waals surface area (Å²) < 4.78 is 8.79. The number of carbonyl (C=O) groups is 1. The molecule has 0 N–H and O–H groups in total. The summed E-state index contributed by atoms with van der Waals surface area (Å²) in [6.45, 7) is 0. The third kappa shape index (κ3) is 5.66. The zero-order valence-electron chi connectivity index (χ0n) is 10.5. The fourth-order valence-corrected chi connectivity index (χ4v) is 2.20. The van der Waals surface area contributed by atoms with Crippen molar-refractivity contribution in [2.75, 3.05) is 14.2 Å². The maximum absolute atomic E-state index is 11.5. The molecule has 0 saturated heterocycles. The molecule has 0 atom stereocenters. The van der Waals surface area contributed by atoms with E-state index in [-0.39, 0.29) is 0 Å². The van der Waals surface area contributed by atoms with Gasteiger partial charge in [-0.2, -0.15) is 5.10 Å². The van der Waals surface area contributed by atoms with Crippen molar-refractivity contribution < 1.29 is 14.3 Å². The molecule has 20 heavy (non-hydrogen) atoms. The van der Waals surface area contributed by atoms with Gasteiger partial charge in [-0.15, -0.1) is 4.41 Å². The molecule has 5 nitrogen and oxygen atoms in total. The van der Waals surface area contributed by atoms with E-state index in [1.807, 2.05) is 6.07 Å². The average molecular weight is 358 g/mol. The van der Waals surface area contributed by atoms with Gasteiger partial charge < -0.3 is 9.47 Å². The second kappa shape index (κ2) is 7.83. The summed E-state index contributed by atoms with van der Waals surface area (Å²) in [5.74, 6) is 0.597. The van der Waals surface area contributed by atoms with Crippen LogP contribution < -0.4 is 4.74 Å². The third-order valence-corrected chi connectivity index (χ3v) is 3.21. The molecule has 0 aliphatic carbocycles. The second-order valence-electron chi connectivity index (χ2n) is 3.27. The Hall–Kier alpha value is -0.820. The monoisotopic (exact) mass is 356 g/mol. The van der Waals surface area contributed by atoms with Crippen LogP contribution in [0, 0.1) is 0 Å². The van der Waals surface area contributed by atoms with Crippen LogP contribution in [0.25, 0.3) is 0 Å². The highest BCUT2D eigenvalue weighted by molar-refractivity contribution is 8.03. The summed E-state index contributed by atoms with van der Waals surface area (Å²) in [7, 11) is 2.73.